The van der Waals surface area contributed by atoms with Gasteiger partial charge in [0.15, 0.2) is 0 Å². The lowest BCUT2D eigenvalue weighted by molar-refractivity contribution is 0.0348. The van der Waals surface area contributed by atoms with Gasteiger partial charge in [-0.25, -0.2) is 0 Å². The molecule has 0 aromatic rings. The fourth-order valence-corrected chi connectivity index (χ4v) is 4.63. The standard InChI is InChI=1S/C16H31N3/c1-17-9-7-14-5-2-3-11-19(14)16-8-12-18-10-4-6-15(18)13-16/h14-17H,2-13H2,1H3. The van der Waals surface area contributed by atoms with Crippen LogP contribution in [0, 0.1) is 0 Å². The normalized spacial score (nSPS) is 37.4. The van der Waals surface area contributed by atoms with Crippen LogP contribution in [0.5, 0.6) is 0 Å². The SMILES string of the molecule is CNCCC1CCCCN1C1CCN2CCCC2C1. The summed E-state index contributed by atoms with van der Waals surface area (Å²) in [5, 5.41) is 3.34. The van der Waals surface area contributed by atoms with E-state index in [0.29, 0.717) is 0 Å². The van der Waals surface area contributed by atoms with Crippen LogP contribution in [-0.2, 0) is 0 Å². The Labute approximate surface area is 118 Å². The van der Waals surface area contributed by atoms with Crippen molar-refractivity contribution >= 4 is 0 Å². The van der Waals surface area contributed by atoms with Crippen LogP contribution in [0.4, 0.5) is 0 Å². The third-order valence-electron chi connectivity index (χ3n) is 5.66. The van der Waals surface area contributed by atoms with Gasteiger partial charge in [-0.2, -0.15) is 0 Å². The highest BCUT2D eigenvalue weighted by molar-refractivity contribution is 4.93. The summed E-state index contributed by atoms with van der Waals surface area (Å²) < 4.78 is 0. The predicted octanol–water partition coefficient (Wildman–Crippen LogP) is 2.08. The molecule has 1 N–H and O–H groups in total. The summed E-state index contributed by atoms with van der Waals surface area (Å²) in [6.45, 7) is 5.29. The van der Waals surface area contributed by atoms with Gasteiger partial charge in [0.05, 0.1) is 0 Å². The molecule has 0 saturated carbocycles. The lowest BCUT2D eigenvalue weighted by atomic mass is 9.90. The monoisotopic (exact) mass is 265 g/mol. The zero-order chi connectivity index (χ0) is 13.1. The van der Waals surface area contributed by atoms with Gasteiger partial charge in [-0.1, -0.05) is 6.42 Å². The van der Waals surface area contributed by atoms with Crippen LogP contribution < -0.4 is 5.32 Å². The van der Waals surface area contributed by atoms with E-state index in [1.807, 2.05) is 0 Å². The average molecular weight is 265 g/mol. The van der Waals surface area contributed by atoms with Gasteiger partial charge in [0.2, 0.25) is 0 Å². The van der Waals surface area contributed by atoms with Gasteiger partial charge in [-0.05, 0) is 78.2 Å². The van der Waals surface area contributed by atoms with Crippen molar-refractivity contribution in [2.45, 2.75) is 69.5 Å². The largest absolute Gasteiger partial charge is 0.320 e. The first-order chi connectivity index (χ1) is 9.38. The fraction of sp³-hybridized carbons (Fsp3) is 1.00. The van der Waals surface area contributed by atoms with Crippen molar-refractivity contribution in [1.29, 1.82) is 0 Å². The molecule has 3 unspecified atom stereocenters. The Hall–Kier alpha value is -0.120. The lowest BCUT2D eigenvalue weighted by Gasteiger charge is -2.46. The van der Waals surface area contributed by atoms with E-state index in [1.165, 1.54) is 77.5 Å². The minimum absolute atomic E-state index is 0.860. The fourth-order valence-electron chi connectivity index (χ4n) is 4.63. The quantitative estimate of drug-likeness (QED) is 0.839. The molecule has 3 aliphatic rings. The van der Waals surface area contributed by atoms with Crippen molar-refractivity contribution in [3.05, 3.63) is 0 Å². The molecule has 3 saturated heterocycles. The second-order valence-corrected chi connectivity index (χ2v) is 6.79. The minimum Gasteiger partial charge on any atom is -0.320 e. The van der Waals surface area contributed by atoms with E-state index in [1.54, 1.807) is 0 Å². The van der Waals surface area contributed by atoms with Crippen molar-refractivity contribution in [1.82, 2.24) is 15.1 Å². The molecular weight excluding hydrogens is 234 g/mol. The summed E-state index contributed by atoms with van der Waals surface area (Å²) in [6.07, 6.45) is 11.5. The summed E-state index contributed by atoms with van der Waals surface area (Å²) in [7, 11) is 2.09. The van der Waals surface area contributed by atoms with Crippen LogP contribution in [0.15, 0.2) is 0 Å². The molecule has 3 heterocycles. The van der Waals surface area contributed by atoms with E-state index in [0.717, 1.165) is 18.1 Å². The molecule has 3 aliphatic heterocycles. The summed E-state index contributed by atoms with van der Waals surface area (Å²) in [5.41, 5.74) is 0. The van der Waals surface area contributed by atoms with Crippen molar-refractivity contribution in [2.75, 3.05) is 33.2 Å². The van der Waals surface area contributed by atoms with Crippen molar-refractivity contribution in [2.24, 2.45) is 0 Å². The molecule has 0 bridgehead atoms. The lowest BCUT2D eigenvalue weighted by Crippen LogP contribution is -2.53. The first-order valence-corrected chi connectivity index (χ1v) is 8.53. The number of rotatable bonds is 4. The van der Waals surface area contributed by atoms with E-state index < -0.39 is 0 Å². The van der Waals surface area contributed by atoms with E-state index in [2.05, 4.69) is 22.2 Å². The van der Waals surface area contributed by atoms with Crippen LogP contribution in [0.25, 0.3) is 0 Å². The van der Waals surface area contributed by atoms with Crippen LogP contribution >= 0.6 is 0 Å². The first kappa shape index (κ1) is 13.8. The van der Waals surface area contributed by atoms with Gasteiger partial charge < -0.3 is 10.2 Å². The topological polar surface area (TPSA) is 18.5 Å². The molecule has 3 heteroatoms. The third kappa shape index (κ3) is 3.14. The number of hydrogen-bond acceptors (Lipinski definition) is 3. The second-order valence-electron chi connectivity index (χ2n) is 6.79. The zero-order valence-electron chi connectivity index (χ0n) is 12.6. The summed E-state index contributed by atoms with van der Waals surface area (Å²) >= 11 is 0. The number of piperidine rings is 2. The highest BCUT2D eigenvalue weighted by Crippen LogP contribution is 2.32. The van der Waals surface area contributed by atoms with Gasteiger partial charge in [0, 0.05) is 18.1 Å². The van der Waals surface area contributed by atoms with Crippen LogP contribution in [0.3, 0.4) is 0 Å². The van der Waals surface area contributed by atoms with Crippen LogP contribution in [0.1, 0.15) is 51.4 Å². The number of nitrogens with zero attached hydrogens (tertiary/aromatic N) is 2. The summed E-state index contributed by atoms with van der Waals surface area (Å²) in [5.74, 6) is 0. The zero-order valence-corrected chi connectivity index (χ0v) is 12.6. The number of nitrogens with one attached hydrogen (secondary N) is 1. The van der Waals surface area contributed by atoms with Gasteiger partial charge in [-0.15, -0.1) is 0 Å². The van der Waals surface area contributed by atoms with Crippen molar-refractivity contribution in [3.63, 3.8) is 0 Å². The molecule has 3 atom stereocenters. The van der Waals surface area contributed by atoms with Gasteiger partial charge in [-0.3, -0.25) is 4.90 Å². The molecule has 0 aromatic carbocycles. The molecule has 0 radical (unpaired) electrons. The molecule has 19 heavy (non-hydrogen) atoms. The molecular formula is C16H31N3. The highest BCUT2D eigenvalue weighted by Gasteiger charge is 2.36. The summed E-state index contributed by atoms with van der Waals surface area (Å²) in [6, 6.07) is 2.67. The Morgan fingerprint density at radius 1 is 0.947 bits per heavy atom. The number of fused-ring (bicyclic) bond motifs is 1. The third-order valence-corrected chi connectivity index (χ3v) is 5.66. The Bertz CT molecular complexity index is 281. The number of likely N-dealkylation sites (tertiary alicyclic amines) is 1. The van der Waals surface area contributed by atoms with Gasteiger partial charge in [0.1, 0.15) is 0 Å². The molecule has 3 fully saturated rings. The Balaban J connectivity index is 1.58. The van der Waals surface area contributed by atoms with Gasteiger partial charge >= 0.3 is 0 Å². The molecule has 3 rings (SSSR count). The smallest absolute Gasteiger partial charge is 0.0125 e. The second kappa shape index (κ2) is 6.55. The average Bonchev–Trinajstić information content (AvgIpc) is 2.92. The summed E-state index contributed by atoms with van der Waals surface area (Å²) in [4.78, 5) is 5.65. The van der Waals surface area contributed by atoms with Crippen molar-refractivity contribution < 1.29 is 0 Å². The Kier molecular flexibility index (Phi) is 4.78. The van der Waals surface area contributed by atoms with Crippen LogP contribution in [-0.4, -0.2) is 61.2 Å². The van der Waals surface area contributed by atoms with E-state index >= 15 is 0 Å². The van der Waals surface area contributed by atoms with E-state index in [4.69, 9.17) is 0 Å². The maximum atomic E-state index is 3.34. The molecule has 0 aliphatic carbocycles. The van der Waals surface area contributed by atoms with Gasteiger partial charge in [0.25, 0.3) is 0 Å². The maximum Gasteiger partial charge on any atom is 0.0125 e. The number of hydrogen-bond donors (Lipinski definition) is 1. The first-order valence-electron chi connectivity index (χ1n) is 8.53. The Morgan fingerprint density at radius 3 is 2.79 bits per heavy atom. The van der Waals surface area contributed by atoms with Crippen molar-refractivity contribution in [3.8, 4) is 0 Å². The predicted molar refractivity (Wildman–Crippen MR) is 80.5 cm³/mol. The Morgan fingerprint density at radius 2 is 1.89 bits per heavy atom. The maximum absolute atomic E-state index is 3.34. The molecule has 110 valence electrons. The van der Waals surface area contributed by atoms with E-state index in [-0.39, 0.29) is 0 Å². The molecule has 0 spiro atoms. The molecule has 0 aromatic heterocycles. The molecule has 3 nitrogen and oxygen atoms in total. The highest BCUT2D eigenvalue weighted by atomic mass is 15.2. The van der Waals surface area contributed by atoms with Crippen LogP contribution in [0.2, 0.25) is 0 Å². The molecule has 0 amide bonds. The minimum atomic E-state index is 0.860. The van der Waals surface area contributed by atoms with E-state index in [9.17, 15) is 0 Å².